The summed E-state index contributed by atoms with van der Waals surface area (Å²) in [6.45, 7) is 0.644. The fourth-order valence-corrected chi connectivity index (χ4v) is 2.44. The zero-order valence-electron chi connectivity index (χ0n) is 11.5. The van der Waals surface area contributed by atoms with Gasteiger partial charge in [0.25, 0.3) is 0 Å². The molecule has 1 aromatic carbocycles. The molecule has 1 aliphatic rings. The Balaban J connectivity index is 1.97. The summed E-state index contributed by atoms with van der Waals surface area (Å²) < 4.78 is 0. The van der Waals surface area contributed by atoms with E-state index in [9.17, 15) is 4.79 Å². The van der Waals surface area contributed by atoms with Crippen LogP contribution in [0.2, 0.25) is 0 Å². The first-order valence-electron chi connectivity index (χ1n) is 7.02. The summed E-state index contributed by atoms with van der Waals surface area (Å²) in [6.07, 6.45) is 4.83. The summed E-state index contributed by atoms with van der Waals surface area (Å²) in [6, 6.07) is 9.12. The third-order valence-corrected chi connectivity index (χ3v) is 3.88. The molecule has 1 saturated carbocycles. The van der Waals surface area contributed by atoms with Gasteiger partial charge in [-0.05, 0) is 17.9 Å². The van der Waals surface area contributed by atoms with Crippen molar-refractivity contribution in [2.75, 3.05) is 6.54 Å². The van der Waals surface area contributed by atoms with Crippen LogP contribution in [-0.2, 0) is 4.79 Å². The molecule has 2 rings (SSSR count). The standard InChI is InChI=1S/C15H21N3O2/c16-14(18-20)13(12-7-2-1-3-8-12)15(19)17-10-9-11-5-4-6-11/h1-3,7-8,11,13,20H,4-6,9-10H2,(H2,16,18)(H,17,19). The highest BCUT2D eigenvalue weighted by Crippen LogP contribution is 2.28. The Morgan fingerprint density at radius 1 is 1.40 bits per heavy atom. The van der Waals surface area contributed by atoms with Crippen LogP contribution in [0.5, 0.6) is 0 Å². The van der Waals surface area contributed by atoms with Crippen LogP contribution >= 0.6 is 0 Å². The average molecular weight is 275 g/mol. The van der Waals surface area contributed by atoms with Crippen LogP contribution in [-0.4, -0.2) is 23.5 Å². The van der Waals surface area contributed by atoms with E-state index in [-0.39, 0.29) is 11.7 Å². The molecule has 108 valence electrons. The van der Waals surface area contributed by atoms with Gasteiger partial charge >= 0.3 is 0 Å². The Bertz CT molecular complexity index is 469. The molecule has 0 aliphatic heterocycles. The van der Waals surface area contributed by atoms with Crippen molar-refractivity contribution in [3.8, 4) is 0 Å². The summed E-state index contributed by atoms with van der Waals surface area (Å²) in [7, 11) is 0. The summed E-state index contributed by atoms with van der Waals surface area (Å²) in [4.78, 5) is 12.2. The first-order valence-corrected chi connectivity index (χ1v) is 7.02. The van der Waals surface area contributed by atoms with E-state index < -0.39 is 5.92 Å². The molecule has 5 nitrogen and oxygen atoms in total. The van der Waals surface area contributed by atoms with E-state index in [2.05, 4.69) is 10.5 Å². The number of hydrogen-bond acceptors (Lipinski definition) is 3. The van der Waals surface area contributed by atoms with Gasteiger partial charge in [0.2, 0.25) is 5.91 Å². The Hall–Kier alpha value is -2.04. The summed E-state index contributed by atoms with van der Waals surface area (Å²) in [5.74, 6) is -0.292. The van der Waals surface area contributed by atoms with Crippen LogP contribution in [0.25, 0.3) is 0 Å². The van der Waals surface area contributed by atoms with Crippen LogP contribution in [0.1, 0.15) is 37.2 Å². The molecular weight excluding hydrogens is 254 g/mol. The average Bonchev–Trinajstić information content (AvgIpc) is 2.42. The monoisotopic (exact) mass is 275 g/mol. The maximum Gasteiger partial charge on any atom is 0.235 e. The molecule has 1 atom stereocenters. The molecule has 0 saturated heterocycles. The van der Waals surface area contributed by atoms with Gasteiger partial charge in [-0.25, -0.2) is 0 Å². The van der Waals surface area contributed by atoms with Crippen LogP contribution in [0.4, 0.5) is 0 Å². The number of rotatable bonds is 6. The molecule has 1 aromatic rings. The number of nitrogens with one attached hydrogen (secondary N) is 1. The number of carbonyl (C=O) groups excluding carboxylic acids is 1. The van der Waals surface area contributed by atoms with Gasteiger partial charge in [-0.1, -0.05) is 54.8 Å². The summed E-state index contributed by atoms with van der Waals surface area (Å²) in [5, 5.41) is 14.7. The molecule has 1 unspecified atom stereocenters. The number of oxime groups is 1. The minimum Gasteiger partial charge on any atom is -0.409 e. The Morgan fingerprint density at radius 2 is 2.10 bits per heavy atom. The first-order chi connectivity index (χ1) is 9.72. The van der Waals surface area contributed by atoms with Crippen molar-refractivity contribution in [1.82, 2.24) is 5.32 Å². The van der Waals surface area contributed by atoms with Crippen molar-refractivity contribution in [1.29, 1.82) is 0 Å². The van der Waals surface area contributed by atoms with E-state index in [0.29, 0.717) is 6.54 Å². The minimum absolute atomic E-state index is 0.0858. The van der Waals surface area contributed by atoms with Crippen molar-refractivity contribution < 1.29 is 10.0 Å². The zero-order valence-corrected chi connectivity index (χ0v) is 11.5. The molecule has 1 amide bonds. The van der Waals surface area contributed by atoms with E-state index in [0.717, 1.165) is 17.9 Å². The van der Waals surface area contributed by atoms with E-state index >= 15 is 0 Å². The summed E-state index contributed by atoms with van der Waals surface area (Å²) in [5.41, 5.74) is 6.38. The SMILES string of the molecule is N/C(=N/O)C(C(=O)NCCC1CCC1)c1ccccc1. The number of amides is 1. The fourth-order valence-electron chi connectivity index (χ4n) is 2.44. The minimum atomic E-state index is -0.734. The van der Waals surface area contributed by atoms with Crippen molar-refractivity contribution in [2.45, 2.75) is 31.6 Å². The molecule has 5 heteroatoms. The highest BCUT2D eigenvalue weighted by Gasteiger charge is 2.25. The first kappa shape index (κ1) is 14.4. The molecule has 1 aliphatic carbocycles. The number of nitrogens with zero attached hydrogens (tertiary/aromatic N) is 1. The van der Waals surface area contributed by atoms with Crippen LogP contribution in [0, 0.1) is 5.92 Å². The predicted molar refractivity (Wildman–Crippen MR) is 77.6 cm³/mol. The van der Waals surface area contributed by atoms with Gasteiger partial charge in [0.15, 0.2) is 5.84 Å². The van der Waals surface area contributed by atoms with E-state index in [4.69, 9.17) is 10.9 Å². The van der Waals surface area contributed by atoms with Gasteiger partial charge in [-0.2, -0.15) is 0 Å². The topological polar surface area (TPSA) is 87.7 Å². The fraction of sp³-hybridized carbons (Fsp3) is 0.467. The van der Waals surface area contributed by atoms with Crippen LogP contribution in [0.3, 0.4) is 0 Å². The molecule has 20 heavy (non-hydrogen) atoms. The van der Waals surface area contributed by atoms with E-state index in [1.807, 2.05) is 18.2 Å². The van der Waals surface area contributed by atoms with Crippen molar-refractivity contribution in [3.05, 3.63) is 35.9 Å². The second-order valence-electron chi connectivity index (χ2n) is 5.25. The van der Waals surface area contributed by atoms with Crippen LogP contribution < -0.4 is 11.1 Å². The van der Waals surface area contributed by atoms with Gasteiger partial charge in [0.05, 0.1) is 0 Å². The zero-order chi connectivity index (χ0) is 14.4. The van der Waals surface area contributed by atoms with E-state index in [1.165, 1.54) is 19.3 Å². The lowest BCUT2D eigenvalue weighted by Gasteiger charge is -2.25. The van der Waals surface area contributed by atoms with Crippen molar-refractivity contribution >= 4 is 11.7 Å². The third-order valence-electron chi connectivity index (χ3n) is 3.88. The number of nitrogens with two attached hydrogens (primary N) is 1. The van der Waals surface area contributed by atoms with Gasteiger partial charge < -0.3 is 16.3 Å². The summed E-state index contributed by atoms with van der Waals surface area (Å²) >= 11 is 0. The molecule has 0 radical (unpaired) electrons. The molecule has 4 N–H and O–H groups in total. The predicted octanol–water partition coefficient (Wildman–Crippen LogP) is 1.82. The van der Waals surface area contributed by atoms with Gasteiger partial charge in [-0.3, -0.25) is 4.79 Å². The highest BCUT2D eigenvalue weighted by molar-refractivity contribution is 6.07. The lowest BCUT2D eigenvalue weighted by atomic mass is 9.83. The van der Waals surface area contributed by atoms with E-state index in [1.54, 1.807) is 12.1 Å². The van der Waals surface area contributed by atoms with Gasteiger partial charge in [-0.15, -0.1) is 0 Å². The second-order valence-corrected chi connectivity index (χ2v) is 5.25. The Kier molecular flexibility index (Phi) is 4.98. The van der Waals surface area contributed by atoms with Gasteiger partial charge in [0.1, 0.15) is 5.92 Å². The number of hydrogen-bond donors (Lipinski definition) is 3. The van der Waals surface area contributed by atoms with Crippen LogP contribution in [0.15, 0.2) is 35.5 Å². The molecule has 0 spiro atoms. The molecule has 0 bridgehead atoms. The Labute approximate surface area is 118 Å². The molecule has 0 heterocycles. The lowest BCUT2D eigenvalue weighted by Crippen LogP contribution is -2.38. The largest absolute Gasteiger partial charge is 0.409 e. The molecular formula is C15H21N3O2. The third kappa shape index (κ3) is 3.50. The quantitative estimate of drug-likeness (QED) is 0.320. The van der Waals surface area contributed by atoms with Crippen molar-refractivity contribution in [3.63, 3.8) is 0 Å². The number of amidine groups is 1. The number of carbonyl (C=O) groups is 1. The van der Waals surface area contributed by atoms with Crippen molar-refractivity contribution in [2.24, 2.45) is 16.8 Å². The molecule has 0 aromatic heterocycles. The smallest absolute Gasteiger partial charge is 0.235 e. The van der Waals surface area contributed by atoms with Gasteiger partial charge in [0, 0.05) is 6.54 Å². The maximum absolute atomic E-state index is 12.2. The lowest BCUT2D eigenvalue weighted by molar-refractivity contribution is -0.121. The highest BCUT2D eigenvalue weighted by atomic mass is 16.4. The molecule has 1 fully saturated rings. The maximum atomic E-state index is 12.2. The Morgan fingerprint density at radius 3 is 2.65 bits per heavy atom. The normalized spacial score (nSPS) is 17.3. The second kappa shape index (κ2) is 6.93. The number of benzene rings is 1.